The molecule has 0 amide bonds. The van der Waals surface area contributed by atoms with E-state index in [1.165, 1.54) is 36.4 Å². The number of fused-ring (bicyclic) bond motifs is 1. The van der Waals surface area contributed by atoms with Gasteiger partial charge < -0.3 is 24.6 Å². The fourth-order valence-electron chi connectivity index (χ4n) is 3.13. The molecular weight excluding hydrogens is 441 g/mol. The number of rotatable bonds is 8. The van der Waals surface area contributed by atoms with E-state index in [2.05, 4.69) is 15.3 Å². The quantitative estimate of drug-likeness (QED) is 0.363. The summed E-state index contributed by atoms with van der Waals surface area (Å²) in [6.45, 7) is 0.0388. The zero-order valence-corrected chi connectivity index (χ0v) is 17.6. The van der Waals surface area contributed by atoms with Crippen molar-refractivity contribution in [2.45, 2.75) is 6.61 Å². The third-order valence-electron chi connectivity index (χ3n) is 4.55. The number of halogens is 1. The molecule has 0 atom stereocenters. The second-order valence-corrected chi connectivity index (χ2v) is 9.17. The van der Waals surface area contributed by atoms with E-state index in [9.17, 15) is 22.7 Å². The lowest BCUT2D eigenvalue weighted by molar-refractivity contribution is 0.0699. The third kappa shape index (κ3) is 4.57. The van der Waals surface area contributed by atoms with E-state index >= 15 is 0 Å². The number of imidazole rings is 1. The van der Waals surface area contributed by atoms with Gasteiger partial charge in [-0.15, -0.1) is 0 Å². The van der Waals surface area contributed by atoms with Crippen LogP contribution in [0.2, 0.25) is 0 Å². The van der Waals surface area contributed by atoms with Gasteiger partial charge in [0.15, 0.2) is 9.84 Å². The average Bonchev–Trinajstić information content (AvgIpc) is 3.37. The highest BCUT2D eigenvalue weighted by molar-refractivity contribution is 7.90. The van der Waals surface area contributed by atoms with E-state index < -0.39 is 21.6 Å². The molecule has 9 nitrogen and oxygen atoms in total. The van der Waals surface area contributed by atoms with Crippen LogP contribution in [0.4, 0.5) is 10.1 Å². The maximum Gasteiger partial charge on any atom is 0.340 e. The average molecular weight is 459 g/mol. The van der Waals surface area contributed by atoms with Crippen LogP contribution in [0.1, 0.15) is 16.2 Å². The highest BCUT2D eigenvalue weighted by Gasteiger charge is 2.24. The molecule has 2 heterocycles. The lowest BCUT2D eigenvalue weighted by Gasteiger charge is -2.12. The summed E-state index contributed by atoms with van der Waals surface area (Å²) in [6.07, 6.45) is 4.25. The summed E-state index contributed by atoms with van der Waals surface area (Å²) in [5.74, 6) is -1.29. The smallest absolute Gasteiger partial charge is 0.340 e. The Balaban J connectivity index is 1.83. The van der Waals surface area contributed by atoms with E-state index in [0.29, 0.717) is 17.1 Å². The SMILES string of the molecule is CS(=O)(=O)CNc1cc2oc(-c3ccc(F)cc3)c(C(=O)O)c2cc1OCc1ncc[nH]1. The van der Waals surface area contributed by atoms with Gasteiger partial charge in [0.2, 0.25) is 0 Å². The molecule has 0 unspecified atom stereocenters. The predicted molar refractivity (Wildman–Crippen MR) is 115 cm³/mol. The minimum absolute atomic E-state index is 0.0388. The molecule has 0 spiro atoms. The van der Waals surface area contributed by atoms with Crippen LogP contribution in [0.5, 0.6) is 5.75 Å². The molecule has 0 aliphatic heterocycles. The van der Waals surface area contributed by atoms with Crippen LogP contribution < -0.4 is 10.1 Å². The highest BCUT2D eigenvalue weighted by Crippen LogP contribution is 2.39. The number of nitrogens with one attached hydrogen (secondary N) is 2. The molecular formula is C21H18FN3O6S. The Labute approximate surface area is 181 Å². The van der Waals surface area contributed by atoms with Gasteiger partial charge in [0, 0.05) is 35.7 Å². The highest BCUT2D eigenvalue weighted by atomic mass is 32.2. The van der Waals surface area contributed by atoms with Gasteiger partial charge in [-0.1, -0.05) is 0 Å². The van der Waals surface area contributed by atoms with Crippen LogP contribution in [0.3, 0.4) is 0 Å². The molecule has 0 aliphatic rings. The lowest BCUT2D eigenvalue weighted by atomic mass is 10.0. The number of aromatic amines is 1. The van der Waals surface area contributed by atoms with E-state index in [4.69, 9.17) is 9.15 Å². The molecule has 0 bridgehead atoms. The first-order valence-electron chi connectivity index (χ1n) is 9.34. The molecule has 4 aromatic rings. The minimum atomic E-state index is -3.36. The molecule has 32 heavy (non-hydrogen) atoms. The first-order valence-corrected chi connectivity index (χ1v) is 11.4. The van der Waals surface area contributed by atoms with Gasteiger partial charge in [-0.3, -0.25) is 0 Å². The van der Waals surface area contributed by atoms with E-state index in [-0.39, 0.29) is 40.5 Å². The van der Waals surface area contributed by atoms with Gasteiger partial charge in [-0.25, -0.2) is 22.6 Å². The van der Waals surface area contributed by atoms with Crippen LogP contribution in [0, 0.1) is 5.82 Å². The Morgan fingerprint density at radius 3 is 2.66 bits per heavy atom. The summed E-state index contributed by atoms with van der Waals surface area (Å²) in [5, 5.41) is 12.9. The van der Waals surface area contributed by atoms with Crippen molar-refractivity contribution >= 4 is 32.5 Å². The summed E-state index contributed by atoms with van der Waals surface area (Å²) >= 11 is 0. The first-order chi connectivity index (χ1) is 15.2. The van der Waals surface area contributed by atoms with Crippen LogP contribution in [-0.4, -0.2) is 41.6 Å². The number of carbonyl (C=O) groups is 1. The van der Waals surface area contributed by atoms with Crippen LogP contribution >= 0.6 is 0 Å². The van der Waals surface area contributed by atoms with Crippen LogP contribution in [0.15, 0.2) is 53.2 Å². The van der Waals surface area contributed by atoms with Gasteiger partial charge in [0.05, 0.1) is 5.69 Å². The lowest BCUT2D eigenvalue weighted by Crippen LogP contribution is -2.13. The molecule has 166 valence electrons. The summed E-state index contributed by atoms with van der Waals surface area (Å²) in [4.78, 5) is 19.0. The Kier molecular flexibility index (Phi) is 5.57. The fraction of sp³-hybridized carbons (Fsp3) is 0.143. The largest absolute Gasteiger partial charge is 0.483 e. The number of ether oxygens (including phenoxy) is 1. The first kappa shape index (κ1) is 21.4. The number of benzene rings is 2. The molecule has 11 heteroatoms. The van der Waals surface area contributed by atoms with Crippen LogP contribution in [0.25, 0.3) is 22.3 Å². The van der Waals surface area contributed by atoms with Crippen molar-refractivity contribution in [3.63, 3.8) is 0 Å². The number of nitrogens with zero attached hydrogens (tertiary/aromatic N) is 1. The maximum absolute atomic E-state index is 13.3. The second-order valence-electron chi connectivity index (χ2n) is 7.03. The summed E-state index contributed by atoms with van der Waals surface area (Å²) in [6, 6.07) is 8.16. The molecule has 0 aliphatic carbocycles. The maximum atomic E-state index is 13.3. The summed E-state index contributed by atoms with van der Waals surface area (Å²) < 4.78 is 48.2. The summed E-state index contributed by atoms with van der Waals surface area (Å²) in [5.41, 5.74) is 0.752. The topological polar surface area (TPSA) is 135 Å². The van der Waals surface area contributed by atoms with E-state index in [1.54, 1.807) is 12.4 Å². The number of H-pyrrole nitrogens is 1. The number of aromatic nitrogens is 2. The number of hydrogen-bond donors (Lipinski definition) is 3. The third-order valence-corrected chi connectivity index (χ3v) is 5.22. The van der Waals surface area contributed by atoms with Crippen molar-refractivity contribution in [3.8, 4) is 17.1 Å². The molecule has 0 saturated carbocycles. The van der Waals surface area contributed by atoms with Gasteiger partial charge in [0.1, 0.15) is 46.8 Å². The zero-order valence-electron chi connectivity index (χ0n) is 16.8. The Morgan fingerprint density at radius 2 is 2.03 bits per heavy atom. The Bertz CT molecular complexity index is 1380. The summed E-state index contributed by atoms with van der Waals surface area (Å²) in [7, 11) is -3.36. The molecule has 3 N–H and O–H groups in total. The van der Waals surface area contributed by atoms with Gasteiger partial charge in [-0.2, -0.15) is 0 Å². The number of hydrogen-bond acceptors (Lipinski definition) is 7. The normalized spacial score (nSPS) is 11.6. The standard InChI is InChI=1S/C21H18FN3O6S/c1-32(28,29)11-25-15-9-16-14(8-17(15)30-10-18-23-6-7-24-18)19(21(26)27)20(31-16)12-2-4-13(22)5-3-12/h2-9,25H,10-11H2,1H3,(H,23,24)(H,26,27). The van der Waals surface area contributed by atoms with Crippen molar-refractivity contribution in [2.75, 3.05) is 17.4 Å². The predicted octanol–water partition coefficient (Wildman–Crippen LogP) is 3.65. The Morgan fingerprint density at radius 1 is 1.28 bits per heavy atom. The number of sulfone groups is 1. The number of aromatic carboxylic acids is 1. The minimum Gasteiger partial charge on any atom is -0.483 e. The molecule has 4 rings (SSSR count). The molecule has 2 aromatic heterocycles. The molecule has 0 fully saturated rings. The van der Waals surface area contributed by atoms with Crippen molar-refractivity contribution in [2.24, 2.45) is 0 Å². The number of furan rings is 1. The number of carboxylic acid groups (broad SMARTS) is 1. The van der Waals surface area contributed by atoms with Crippen molar-refractivity contribution in [1.29, 1.82) is 0 Å². The van der Waals surface area contributed by atoms with Crippen LogP contribution in [-0.2, 0) is 16.4 Å². The van der Waals surface area contributed by atoms with Crippen molar-refractivity contribution in [3.05, 3.63) is 66.0 Å². The second kappa shape index (κ2) is 8.35. The number of anilines is 1. The van der Waals surface area contributed by atoms with Gasteiger partial charge in [0.25, 0.3) is 0 Å². The van der Waals surface area contributed by atoms with Gasteiger partial charge in [-0.05, 0) is 30.3 Å². The number of carboxylic acids is 1. The van der Waals surface area contributed by atoms with E-state index in [1.807, 2.05) is 0 Å². The molecule has 0 saturated heterocycles. The van der Waals surface area contributed by atoms with Crippen molar-refractivity contribution < 1.29 is 31.9 Å². The van der Waals surface area contributed by atoms with Gasteiger partial charge >= 0.3 is 5.97 Å². The molecule has 2 aromatic carbocycles. The van der Waals surface area contributed by atoms with E-state index in [0.717, 1.165) is 6.26 Å². The van der Waals surface area contributed by atoms with Crippen molar-refractivity contribution in [1.82, 2.24) is 9.97 Å². The zero-order chi connectivity index (χ0) is 22.9. The fourth-order valence-corrected chi connectivity index (χ4v) is 3.55. The molecule has 0 radical (unpaired) electrons. The Hall–Kier alpha value is -3.86. The monoisotopic (exact) mass is 459 g/mol.